The zero-order valence-corrected chi connectivity index (χ0v) is 12.3. The van der Waals surface area contributed by atoms with Gasteiger partial charge in [0.25, 0.3) is 5.91 Å². The summed E-state index contributed by atoms with van der Waals surface area (Å²) < 4.78 is 0. The molecule has 2 heterocycles. The molecule has 0 spiro atoms. The van der Waals surface area contributed by atoms with Crippen molar-refractivity contribution in [2.24, 2.45) is 0 Å². The number of carboxylic acid groups (broad SMARTS) is 1. The highest BCUT2D eigenvalue weighted by atomic mass is 16.4. The average Bonchev–Trinajstić information content (AvgIpc) is 2.54. The molecule has 2 aromatic rings. The number of hydrogen-bond acceptors (Lipinski definition) is 4. The topological polar surface area (TPSA) is 111 Å². The third-order valence-corrected chi connectivity index (χ3v) is 4.26. The zero-order chi connectivity index (χ0) is 16.6. The number of benzene rings is 1. The lowest BCUT2D eigenvalue weighted by atomic mass is 9.91. The Morgan fingerprint density at radius 2 is 1.83 bits per heavy atom. The van der Waals surface area contributed by atoms with Crippen LogP contribution in [0.25, 0.3) is 10.9 Å². The number of amides is 1. The van der Waals surface area contributed by atoms with Gasteiger partial charge < -0.3 is 20.1 Å². The van der Waals surface area contributed by atoms with E-state index in [1.54, 1.807) is 24.3 Å². The Morgan fingerprint density at radius 3 is 2.48 bits per heavy atom. The van der Waals surface area contributed by atoms with Gasteiger partial charge in [-0.05, 0) is 6.07 Å². The van der Waals surface area contributed by atoms with Gasteiger partial charge in [-0.15, -0.1) is 0 Å². The summed E-state index contributed by atoms with van der Waals surface area (Å²) in [5.74, 6) is -1.61. The maximum Gasteiger partial charge on any atom is 0.335 e. The molecule has 1 aromatic heterocycles. The molecule has 1 aliphatic rings. The maximum atomic E-state index is 12.7. The summed E-state index contributed by atoms with van der Waals surface area (Å²) in [5.41, 5.74) is -1.30. The largest absolute Gasteiger partial charge is 0.479 e. The minimum atomic E-state index is -1.78. The number of aliphatic carboxylic acids is 1. The van der Waals surface area contributed by atoms with E-state index in [4.69, 9.17) is 5.11 Å². The molecule has 3 rings (SSSR count). The minimum Gasteiger partial charge on any atom is -0.479 e. The fourth-order valence-corrected chi connectivity index (χ4v) is 2.85. The number of para-hydroxylation sites is 1. The van der Waals surface area contributed by atoms with Gasteiger partial charge in [0.1, 0.15) is 0 Å². The number of rotatable bonds is 2. The first-order chi connectivity index (χ1) is 10.9. The molecular formula is C16H16N2O5. The number of pyridine rings is 1. The van der Waals surface area contributed by atoms with Crippen molar-refractivity contribution in [1.82, 2.24) is 9.88 Å². The summed E-state index contributed by atoms with van der Waals surface area (Å²) in [6, 6.07) is 8.25. The number of hydrogen-bond donors (Lipinski definition) is 3. The lowest BCUT2D eigenvalue weighted by Gasteiger charge is -2.35. The van der Waals surface area contributed by atoms with Gasteiger partial charge in [0.2, 0.25) is 5.56 Å². The van der Waals surface area contributed by atoms with Crippen molar-refractivity contribution in [2.45, 2.75) is 18.4 Å². The number of carboxylic acids is 1. The summed E-state index contributed by atoms with van der Waals surface area (Å²) in [6.45, 7) is 0.255. The smallest absolute Gasteiger partial charge is 0.335 e. The molecule has 0 aliphatic carbocycles. The number of likely N-dealkylation sites (tertiary alicyclic amines) is 1. The fraction of sp³-hybridized carbons (Fsp3) is 0.312. The van der Waals surface area contributed by atoms with Crippen LogP contribution in [0.2, 0.25) is 0 Å². The van der Waals surface area contributed by atoms with E-state index in [-0.39, 0.29) is 43.0 Å². The quantitative estimate of drug-likeness (QED) is 0.750. The molecular weight excluding hydrogens is 300 g/mol. The van der Waals surface area contributed by atoms with Crippen molar-refractivity contribution in [3.63, 3.8) is 0 Å². The van der Waals surface area contributed by atoms with E-state index in [9.17, 15) is 19.5 Å². The Kier molecular flexibility index (Phi) is 3.65. The van der Waals surface area contributed by atoms with Crippen LogP contribution in [0, 0.1) is 0 Å². The zero-order valence-electron chi connectivity index (χ0n) is 12.3. The Hall–Kier alpha value is -2.67. The molecule has 0 unspecified atom stereocenters. The Balaban J connectivity index is 1.91. The summed E-state index contributed by atoms with van der Waals surface area (Å²) in [6.07, 6.45) is -0.0651. The number of H-pyrrole nitrogens is 1. The van der Waals surface area contributed by atoms with Crippen LogP contribution >= 0.6 is 0 Å². The van der Waals surface area contributed by atoms with Gasteiger partial charge in [0, 0.05) is 42.9 Å². The second-order valence-electron chi connectivity index (χ2n) is 5.72. The van der Waals surface area contributed by atoms with E-state index in [0.29, 0.717) is 10.9 Å². The third-order valence-electron chi connectivity index (χ3n) is 4.26. The number of carbonyl (C=O) groups excluding carboxylic acids is 1. The van der Waals surface area contributed by atoms with Crippen LogP contribution in [0.1, 0.15) is 23.2 Å². The van der Waals surface area contributed by atoms with Crippen molar-refractivity contribution < 1.29 is 19.8 Å². The number of nitrogens with zero attached hydrogens (tertiary/aromatic N) is 1. The molecule has 0 bridgehead atoms. The van der Waals surface area contributed by atoms with Crippen molar-refractivity contribution in [3.05, 3.63) is 46.2 Å². The molecule has 1 fully saturated rings. The van der Waals surface area contributed by atoms with Gasteiger partial charge in [0.15, 0.2) is 5.60 Å². The Labute approximate surface area is 131 Å². The van der Waals surface area contributed by atoms with Crippen molar-refractivity contribution in [1.29, 1.82) is 0 Å². The van der Waals surface area contributed by atoms with E-state index in [0.717, 1.165) is 0 Å². The van der Waals surface area contributed by atoms with E-state index in [2.05, 4.69) is 4.98 Å². The summed E-state index contributed by atoms with van der Waals surface area (Å²) in [4.78, 5) is 39.6. The number of aliphatic hydroxyl groups is 1. The average molecular weight is 316 g/mol. The highest BCUT2D eigenvalue weighted by Crippen LogP contribution is 2.25. The molecule has 1 aromatic carbocycles. The van der Waals surface area contributed by atoms with E-state index >= 15 is 0 Å². The molecule has 1 aliphatic heterocycles. The second-order valence-corrected chi connectivity index (χ2v) is 5.72. The van der Waals surface area contributed by atoms with Crippen LogP contribution in [-0.2, 0) is 4.79 Å². The van der Waals surface area contributed by atoms with Crippen LogP contribution in [0.5, 0.6) is 0 Å². The number of aromatic nitrogens is 1. The number of nitrogens with one attached hydrogen (secondary N) is 1. The molecule has 0 saturated carbocycles. The maximum absolute atomic E-state index is 12.7. The van der Waals surface area contributed by atoms with E-state index in [1.165, 1.54) is 11.0 Å². The van der Waals surface area contributed by atoms with Gasteiger partial charge in [-0.1, -0.05) is 18.2 Å². The number of piperidine rings is 1. The van der Waals surface area contributed by atoms with Gasteiger partial charge >= 0.3 is 5.97 Å². The van der Waals surface area contributed by atoms with Crippen LogP contribution < -0.4 is 5.56 Å². The fourth-order valence-electron chi connectivity index (χ4n) is 2.85. The van der Waals surface area contributed by atoms with E-state index in [1.807, 2.05) is 0 Å². The molecule has 0 radical (unpaired) electrons. The Bertz CT molecular complexity index is 834. The molecule has 120 valence electrons. The lowest BCUT2D eigenvalue weighted by Crippen LogP contribution is -2.50. The molecule has 1 saturated heterocycles. The van der Waals surface area contributed by atoms with E-state index < -0.39 is 11.6 Å². The van der Waals surface area contributed by atoms with Crippen molar-refractivity contribution in [2.75, 3.05) is 13.1 Å². The lowest BCUT2D eigenvalue weighted by molar-refractivity contribution is -0.162. The minimum absolute atomic E-state index is 0.0325. The number of aromatic amines is 1. The molecule has 7 heteroatoms. The first kappa shape index (κ1) is 15.2. The number of fused-ring (bicyclic) bond motifs is 1. The van der Waals surface area contributed by atoms with Gasteiger partial charge in [-0.25, -0.2) is 4.79 Å². The predicted octanol–water partition coefficient (Wildman–Crippen LogP) is 0.580. The van der Waals surface area contributed by atoms with Crippen LogP contribution in [0.3, 0.4) is 0 Å². The third kappa shape index (κ3) is 2.70. The van der Waals surface area contributed by atoms with Gasteiger partial charge in [-0.2, -0.15) is 0 Å². The predicted molar refractivity (Wildman–Crippen MR) is 82.3 cm³/mol. The first-order valence-electron chi connectivity index (χ1n) is 7.28. The van der Waals surface area contributed by atoms with Crippen LogP contribution in [0.15, 0.2) is 35.1 Å². The number of carbonyl (C=O) groups is 2. The monoisotopic (exact) mass is 316 g/mol. The van der Waals surface area contributed by atoms with Crippen molar-refractivity contribution in [3.8, 4) is 0 Å². The summed E-state index contributed by atoms with van der Waals surface area (Å²) >= 11 is 0. The first-order valence-corrected chi connectivity index (χ1v) is 7.28. The van der Waals surface area contributed by atoms with Crippen LogP contribution in [0.4, 0.5) is 0 Å². The molecule has 1 amide bonds. The van der Waals surface area contributed by atoms with Gasteiger partial charge in [0.05, 0.1) is 5.56 Å². The highest BCUT2D eigenvalue weighted by Gasteiger charge is 2.40. The SMILES string of the molecule is O=C(c1cc(=O)[nH]c2ccccc12)N1CCC(O)(C(=O)O)CC1. The van der Waals surface area contributed by atoms with Crippen molar-refractivity contribution >= 4 is 22.8 Å². The molecule has 0 atom stereocenters. The second kappa shape index (κ2) is 5.51. The highest BCUT2D eigenvalue weighted by molar-refractivity contribution is 6.06. The standard InChI is InChI=1S/C16H16N2O5/c19-13-9-11(10-3-1-2-4-12(10)17-13)14(20)18-7-5-16(23,6-8-18)15(21)22/h1-4,9,23H,5-8H2,(H,17,19)(H,21,22). The normalized spacial score (nSPS) is 17.2. The Morgan fingerprint density at radius 1 is 1.17 bits per heavy atom. The van der Waals surface area contributed by atoms with Gasteiger partial charge in [-0.3, -0.25) is 9.59 Å². The van der Waals surface area contributed by atoms with Crippen LogP contribution in [-0.4, -0.2) is 50.7 Å². The summed E-state index contributed by atoms with van der Waals surface area (Å²) in [7, 11) is 0. The molecule has 7 nitrogen and oxygen atoms in total. The molecule has 3 N–H and O–H groups in total. The molecule has 23 heavy (non-hydrogen) atoms. The summed E-state index contributed by atoms with van der Waals surface area (Å²) in [5, 5.41) is 19.6.